The van der Waals surface area contributed by atoms with Crippen LogP contribution in [0.2, 0.25) is 0 Å². The van der Waals surface area contributed by atoms with E-state index in [1.165, 1.54) is 11.3 Å². The topological polar surface area (TPSA) is 49.3 Å². The Labute approximate surface area is 146 Å². The number of carbonyl (C=O) groups excluding carboxylic acids is 1. The first-order valence-electron chi connectivity index (χ1n) is 8.62. The largest absolute Gasteiger partial charge is 0.353 e. The van der Waals surface area contributed by atoms with Crippen LogP contribution in [0, 0.1) is 5.92 Å². The van der Waals surface area contributed by atoms with Gasteiger partial charge in [0.05, 0.1) is 6.20 Å². The molecule has 3 fully saturated rings. The Morgan fingerprint density at radius 2 is 2.21 bits per heavy atom. The molecule has 3 aliphatic heterocycles. The molecular weight excluding hydrogens is 320 g/mol. The van der Waals surface area contributed by atoms with Gasteiger partial charge in [0.25, 0.3) is 0 Å². The molecule has 6 heteroatoms. The second-order valence-corrected chi connectivity index (χ2v) is 7.72. The van der Waals surface area contributed by atoms with Crippen LogP contribution in [0.1, 0.15) is 24.1 Å². The zero-order valence-electron chi connectivity index (χ0n) is 13.7. The number of anilines is 1. The number of nitrogens with zero attached hydrogens (tertiary/aromatic N) is 4. The lowest BCUT2D eigenvalue weighted by atomic mass is 9.94. The minimum Gasteiger partial charge on any atom is -0.353 e. The van der Waals surface area contributed by atoms with Gasteiger partial charge in [-0.2, -0.15) is 0 Å². The Balaban J connectivity index is 1.43. The first-order chi connectivity index (χ1) is 11.8. The third-order valence-corrected chi connectivity index (χ3v) is 6.01. The van der Waals surface area contributed by atoms with Crippen LogP contribution in [0.25, 0.3) is 0 Å². The Morgan fingerprint density at radius 1 is 1.25 bits per heavy atom. The molecule has 2 atom stereocenters. The van der Waals surface area contributed by atoms with E-state index in [-0.39, 0.29) is 0 Å². The predicted octanol–water partition coefficient (Wildman–Crippen LogP) is 2.60. The van der Waals surface area contributed by atoms with Gasteiger partial charge >= 0.3 is 0 Å². The molecule has 5 heterocycles. The molecule has 2 aromatic heterocycles. The van der Waals surface area contributed by atoms with E-state index in [4.69, 9.17) is 0 Å². The summed E-state index contributed by atoms with van der Waals surface area (Å²) in [7, 11) is 0. The van der Waals surface area contributed by atoms with E-state index in [9.17, 15) is 4.79 Å². The summed E-state index contributed by atoms with van der Waals surface area (Å²) in [6.45, 7) is 2.74. The zero-order valence-corrected chi connectivity index (χ0v) is 14.5. The van der Waals surface area contributed by atoms with Gasteiger partial charge in [-0.05, 0) is 36.6 Å². The summed E-state index contributed by atoms with van der Waals surface area (Å²) in [4.78, 5) is 27.1. The van der Waals surface area contributed by atoms with Gasteiger partial charge < -0.3 is 9.80 Å². The van der Waals surface area contributed by atoms with Crippen molar-refractivity contribution in [1.29, 1.82) is 0 Å². The maximum atomic E-state index is 12.8. The normalized spacial score (nSPS) is 23.3. The van der Waals surface area contributed by atoms with Crippen molar-refractivity contribution in [1.82, 2.24) is 14.9 Å². The number of aromatic nitrogens is 2. The highest BCUT2D eigenvalue weighted by Crippen LogP contribution is 2.30. The first kappa shape index (κ1) is 15.6. The van der Waals surface area contributed by atoms with Crippen LogP contribution in [0.3, 0.4) is 0 Å². The Morgan fingerprint density at radius 3 is 3.00 bits per heavy atom. The van der Waals surface area contributed by atoms with Crippen molar-refractivity contribution in [2.75, 3.05) is 24.5 Å². The van der Waals surface area contributed by atoms with Gasteiger partial charge in [0, 0.05) is 49.4 Å². The van der Waals surface area contributed by atoms with E-state index >= 15 is 0 Å². The molecule has 5 nitrogen and oxygen atoms in total. The van der Waals surface area contributed by atoms with Crippen molar-refractivity contribution < 1.29 is 4.79 Å². The van der Waals surface area contributed by atoms with Crippen LogP contribution >= 0.6 is 11.3 Å². The van der Waals surface area contributed by atoms with Gasteiger partial charge in [-0.1, -0.05) is 6.07 Å². The van der Waals surface area contributed by atoms with E-state index in [1.807, 2.05) is 6.20 Å². The molecule has 0 N–H and O–H groups in total. The van der Waals surface area contributed by atoms with E-state index in [0.29, 0.717) is 24.3 Å². The molecule has 2 bridgehead atoms. The molecular formula is C18H22N4OS. The highest BCUT2D eigenvalue weighted by Gasteiger charge is 2.37. The minimum absolute atomic E-state index is 0.305. The molecule has 0 aliphatic carbocycles. The lowest BCUT2D eigenvalue weighted by Crippen LogP contribution is -2.47. The molecule has 1 amide bonds. The van der Waals surface area contributed by atoms with Gasteiger partial charge in [-0.15, -0.1) is 11.3 Å². The van der Waals surface area contributed by atoms with Crippen LogP contribution in [-0.2, 0) is 11.2 Å². The van der Waals surface area contributed by atoms with Crippen LogP contribution in [0.4, 0.5) is 5.82 Å². The van der Waals surface area contributed by atoms with Crippen molar-refractivity contribution in [2.24, 2.45) is 5.92 Å². The number of fused-ring (bicyclic) bond motifs is 4. The van der Waals surface area contributed by atoms with Crippen LogP contribution in [-0.4, -0.2) is 46.5 Å². The fraction of sp³-hybridized carbons (Fsp3) is 0.500. The number of hydrogen-bond donors (Lipinski definition) is 0. The molecule has 5 rings (SSSR count). The van der Waals surface area contributed by atoms with E-state index in [1.54, 1.807) is 23.7 Å². The molecule has 0 saturated carbocycles. The number of piperidine rings is 1. The SMILES string of the molecule is O=C(CCc1cccs1)N1C[C@H]2CC[C@@H]1CN(c1cnccn1)C2. The lowest BCUT2D eigenvalue weighted by Gasteiger charge is -2.36. The predicted molar refractivity (Wildman–Crippen MR) is 95.1 cm³/mol. The van der Waals surface area contributed by atoms with Crippen molar-refractivity contribution in [3.63, 3.8) is 0 Å². The smallest absolute Gasteiger partial charge is 0.223 e. The van der Waals surface area contributed by atoms with Gasteiger partial charge in [0.1, 0.15) is 5.82 Å². The Hall–Kier alpha value is -1.95. The van der Waals surface area contributed by atoms with Crippen LogP contribution in [0.5, 0.6) is 0 Å². The Bertz CT molecular complexity index is 676. The molecule has 0 unspecified atom stereocenters. The molecule has 0 spiro atoms. The second-order valence-electron chi connectivity index (χ2n) is 6.69. The number of hydrogen-bond acceptors (Lipinski definition) is 5. The number of rotatable bonds is 4. The Kier molecular flexibility index (Phi) is 4.47. The monoisotopic (exact) mass is 342 g/mol. The first-order valence-corrected chi connectivity index (χ1v) is 9.50. The molecule has 2 aromatic rings. The minimum atomic E-state index is 0.305. The summed E-state index contributed by atoms with van der Waals surface area (Å²) < 4.78 is 0. The number of aryl methyl sites for hydroxylation is 1. The maximum Gasteiger partial charge on any atom is 0.223 e. The van der Waals surface area contributed by atoms with Gasteiger partial charge in [-0.25, -0.2) is 4.98 Å². The van der Waals surface area contributed by atoms with E-state index < -0.39 is 0 Å². The fourth-order valence-corrected chi connectivity index (χ4v) is 4.57. The highest BCUT2D eigenvalue weighted by atomic mass is 32.1. The summed E-state index contributed by atoms with van der Waals surface area (Å²) in [6, 6.07) is 4.47. The fourth-order valence-electron chi connectivity index (χ4n) is 3.86. The average molecular weight is 342 g/mol. The van der Waals surface area contributed by atoms with Crippen molar-refractivity contribution in [3.8, 4) is 0 Å². The average Bonchev–Trinajstić information content (AvgIpc) is 2.98. The van der Waals surface area contributed by atoms with Crippen LogP contribution < -0.4 is 4.90 Å². The van der Waals surface area contributed by atoms with Crippen molar-refractivity contribution in [3.05, 3.63) is 41.0 Å². The highest BCUT2D eigenvalue weighted by molar-refractivity contribution is 7.09. The molecule has 24 heavy (non-hydrogen) atoms. The summed E-state index contributed by atoms with van der Waals surface area (Å²) in [5.74, 6) is 1.78. The summed E-state index contributed by atoms with van der Waals surface area (Å²) >= 11 is 1.73. The van der Waals surface area contributed by atoms with Gasteiger partial charge in [0.2, 0.25) is 5.91 Å². The van der Waals surface area contributed by atoms with Crippen molar-refractivity contribution in [2.45, 2.75) is 31.7 Å². The molecule has 126 valence electrons. The van der Waals surface area contributed by atoms with Gasteiger partial charge in [-0.3, -0.25) is 9.78 Å². The van der Waals surface area contributed by atoms with E-state index in [2.05, 4.69) is 37.3 Å². The number of carbonyl (C=O) groups is 1. The molecule has 0 radical (unpaired) electrons. The van der Waals surface area contributed by atoms with Crippen LogP contribution in [0.15, 0.2) is 36.1 Å². The van der Waals surface area contributed by atoms with E-state index in [0.717, 1.165) is 38.3 Å². The molecule has 3 saturated heterocycles. The lowest BCUT2D eigenvalue weighted by molar-refractivity contribution is -0.135. The molecule has 3 aliphatic rings. The summed E-state index contributed by atoms with van der Waals surface area (Å²) in [5, 5.41) is 2.08. The molecule has 0 aromatic carbocycles. The third kappa shape index (κ3) is 3.29. The maximum absolute atomic E-state index is 12.8. The number of thiophene rings is 1. The number of amides is 1. The standard InChI is InChI=1S/C18H22N4OS/c23-18(6-5-16-2-1-9-24-16)22-12-14-3-4-15(22)13-21(11-14)17-10-19-7-8-20-17/h1-2,7-10,14-15H,3-6,11-13H2/t14-,15+/m0/s1. The third-order valence-electron chi connectivity index (χ3n) is 5.07. The summed E-state index contributed by atoms with van der Waals surface area (Å²) in [6.07, 6.45) is 9.06. The zero-order chi connectivity index (χ0) is 16.4. The second kappa shape index (κ2) is 6.89. The quantitative estimate of drug-likeness (QED) is 0.857. The van der Waals surface area contributed by atoms with Crippen molar-refractivity contribution >= 4 is 23.1 Å². The van der Waals surface area contributed by atoms with Gasteiger partial charge in [0.15, 0.2) is 0 Å². The summed E-state index contributed by atoms with van der Waals surface area (Å²) in [5.41, 5.74) is 0.